The lowest BCUT2D eigenvalue weighted by Crippen LogP contribution is -2.43. The molecule has 20 heavy (non-hydrogen) atoms. The van der Waals surface area contributed by atoms with Gasteiger partial charge in [0.2, 0.25) is 5.91 Å². The molecule has 2 N–H and O–H groups in total. The summed E-state index contributed by atoms with van der Waals surface area (Å²) >= 11 is 6.15. The summed E-state index contributed by atoms with van der Waals surface area (Å²) in [6, 6.07) is 8.02. The summed E-state index contributed by atoms with van der Waals surface area (Å²) in [6.07, 6.45) is 1.81. The van der Waals surface area contributed by atoms with Crippen LogP contribution in [-0.2, 0) is 4.79 Å². The largest absolute Gasteiger partial charge is 0.349 e. The summed E-state index contributed by atoms with van der Waals surface area (Å²) in [7, 11) is 0. The number of halogens is 2. The maximum absolute atomic E-state index is 12.3. The first-order valence-corrected chi connectivity index (χ1v) is 7.24. The van der Waals surface area contributed by atoms with Crippen LogP contribution in [0.2, 0.25) is 5.02 Å². The van der Waals surface area contributed by atoms with Crippen molar-refractivity contribution < 1.29 is 4.79 Å². The molecule has 0 bridgehead atoms. The van der Waals surface area contributed by atoms with E-state index in [4.69, 9.17) is 11.6 Å². The Morgan fingerprint density at radius 3 is 2.80 bits per heavy atom. The van der Waals surface area contributed by atoms with E-state index in [1.54, 1.807) is 0 Å². The smallest absolute Gasteiger partial charge is 0.223 e. The predicted molar refractivity (Wildman–Crippen MR) is 85.4 cm³/mol. The van der Waals surface area contributed by atoms with Crippen LogP contribution in [0, 0.1) is 5.92 Å². The van der Waals surface area contributed by atoms with Gasteiger partial charge < -0.3 is 10.6 Å². The molecular formula is C15H22Cl2N2O. The number of carbonyl (C=O) groups is 1. The van der Waals surface area contributed by atoms with Gasteiger partial charge in [0.05, 0.1) is 6.04 Å². The zero-order valence-corrected chi connectivity index (χ0v) is 13.4. The second kappa shape index (κ2) is 7.87. The molecule has 1 aromatic carbocycles. The number of rotatable bonds is 3. The van der Waals surface area contributed by atoms with E-state index in [1.807, 2.05) is 31.2 Å². The summed E-state index contributed by atoms with van der Waals surface area (Å²) in [4.78, 5) is 12.3. The molecule has 3 nitrogen and oxygen atoms in total. The molecule has 2 rings (SSSR count). The number of piperidine rings is 1. The van der Waals surface area contributed by atoms with Crippen LogP contribution in [0.25, 0.3) is 0 Å². The van der Waals surface area contributed by atoms with Gasteiger partial charge in [-0.05, 0) is 44.9 Å². The van der Waals surface area contributed by atoms with Gasteiger partial charge in [-0.3, -0.25) is 4.79 Å². The topological polar surface area (TPSA) is 41.1 Å². The maximum atomic E-state index is 12.3. The van der Waals surface area contributed by atoms with E-state index in [1.165, 1.54) is 0 Å². The first-order valence-electron chi connectivity index (χ1n) is 6.86. The van der Waals surface area contributed by atoms with Crippen molar-refractivity contribution in [2.75, 3.05) is 6.54 Å². The van der Waals surface area contributed by atoms with Crippen molar-refractivity contribution in [1.82, 2.24) is 10.6 Å². The Balaban J connectivity index is 0.00000200. The standard InChI is InChI=1S/C15H21ClN2O.ClH/c1-10-9-12(7-8-17-10)15(19)18-11(2)13-5-3-4-6-14(13)16;/h3-6,10-12,17H,7-9H2,1-2H3,(H,18,19);1H/t10-,11?,12-;/m0./s1. The highest BCUT2D eigenvalue weighted by Gasteiger charge is 2.25. The lowest BCUT2D eigenvalue weighted by molar-refractivity contribution is -0.126. The van der Waals surface area contributed by atoms with Gasteiger partial charge in [-0.2, -0.15) is 0 Å². The minimum atomic E-state index is -0.0496. The number of carbonyl (C=O) groups excluding carboxylic acids is 1. The van der Waals surface area contributed by atoms with Crippen molar-refractivity contribution in [3.05, 3.63) is 34.9 Å². The van der Waals surface area contributed by atoms with Crippen molar-refractivity contribution in [2.45, 2.75) is 38.8 Å². The zero-order valence-electron chi connectivity index (χ0n) is 11.9. The van der Waals surface area contributed by atoms with E-state index < -0.39 is 0 Å². The average molecular weight is 317 g/mol. The van der Waals surface area contributed by atoms with Crippen molar-refractivity contribution >= 4 is 29.9 Å². The van der Waals surface area contributed by atoms with Crippen LogP contribution < -0.4 is 10.6 Å². The molecule has 1 aliphatic heterocycles. The van der Waals surface area contributed by atoms with Crippen molar-refractivity contribution in [3.8, 4) is 0 Å². The van der Waals surface area contributed by atoms with Gasteiger partial charge >= 0.3 is 0 Å². The first-order chi connectivity index (χ1) is 9.08. The molecule has 1 fully saturated rings. The summed E-state index contributed by atoms with van der Waals surface area (Å²) in [6.45, 7) is 5.01. The molecule has 0 aromatic heterocycles. The Kier molecular flexibility index (Phi) is 6.80. The van der Waals surface area contributed by atoms with Gasteiger partial charge in [0, 0.05) is 17.0 Å². The monoisotopic (exact) mass is 316 g/mol. The Morgan fingerprint density at radius 1 is 1.45 bits per heavy atom. The van der Waals surface area contributed by atoms with Gasteiger partial charge in [-0.15, -0.1) is 12.4 Å². The van der Waals surface area contributed by atoms with Crippen LogP contribution in [0.5, 0.6) is 0 Å². The fraction of sp³-hybridized carbons (Fsp3) is 0.533. The van der Waals surface area contributed by atoms with Gasteiger partial charge in [0.25, 0.3) is 0 Å². The molecule has 1 aliphatic rings. The molecule has 112 valence electrons. The van der Waals surface area contributed by atoms with E-state index >= 15 is 0 Å². The average Bonchev–Trinajstić information content (AvgIpc) is 2.39. The molecule has 5 heteroatoms. The van der Waals surface area contributed by atoms with Crippen LogP contribution in [-0.4, -0.2) is 18.5 Å². The van der Waals surface area contributed by atoms with Crippen LogP contribution in [0.3, 0.4) is 0 Å². The Hall–Kier alpha value is -0.770. The molecular weight excluding hydrogens is 295 g/mol. The van der Waals surface area contributed by atoms with E-state index in [0.29, 0.717) is 11.1 Å². The third-order valence-corrected chi connectivity index (χ3v) is 4.07. The van der Waals surface area contributed by atoms with Crippen molar-refractivity contribution in [1.29, 1.82) is 0 Å². The molecule has 0 saturated carbocycles. The predicted octanol–water partition coefficient (Wildman–Crippen LogP) is 3.33. The molecule has 0 radical (unpaired) electrons. The second-order valence-corrected chi connectivity index (χ2v) is 5.74. The third kappa shape index (κ3) is 4.37. The zero-order chi connectivity index (χ0) is 13.8. The van der Waals surface area contributed by atoms with Crippen molar-refractivity contribution in [2.24, 2.45) is 5.92 Å². The van der Waals surface area contributed by atoms with E-state index in [-0.39, 0.29) is 30.3 Å². The number of nitrogens with one attached hydrogen (secondary N) is 2. The molecule has 0 aliphatic carbocycles. The molecule has 1 heterocycles. The second-order valence-electron chi connectivity index (χ2n) is 5.33. The highest BCUT2D eigenvalue weighted by Crippen LogP contribution is 2.23. The highest BCUT2D eigenvalue weighted by molar-refractivity contribution is 6.31. The summed E-state index contributed by atoms with van der Waals surface area (Å²) in [5, 5.41) is 7.14. The Morgan fingerprint density at radius 2 is 2.15 bits per heavy atom. The summed E-state index contributed by atoms with van der Waals surface area (Å²) in [5.74, 6) is 0.252. The number of hydrogen-bond acceptors (Lipinski definition) is 2. The quantitative estimate of drug-likeness (QED) is 0.898. The van der Waals surface area contributed by atoms with E-state index in [2.05, 4.69) is 17.6 Å². The molecule has 0 spiro atoms. The molecule has 1 aromatic rings. The van der Waals surface area contributed by atoms with Crippen molar-refractivity contribution in [3.63, 3.8) is 0 Å². The molecule has 3 atom stereocenters. The lowest BCUT2D eigenvalue weighted by Gasteiger charge is -2.28. The summed E-state index contributed by atoms with van der Waals surface area (Å²) < 4.78 is 0. The highest BCUT2D eigenvalue weighted by atomic mass is 35.5. The third-order valence-electron chi connectivity index (χ3n) is 3.72. The van der Waals surface area contributed by atoms with E-state index in [9.17, 15) is 4.79 Å². The fourth-order valence-electron chi connectivity index (χ4n) is 2.61. The minimum absolute atomic E-state index is 0. The molecule has 1 unspecified atom stereocenters. The minimum Gasteiger partial charge on any atom is -0.349 e. The SMILES string of the molecule is CC(NC(=O)[C@H]1CCN[C@@H](C)C1)c1ccccc1Cl.Cl. The van der Waals surface area contributed by atoms with Gasteiger partial charge in [0.15, 0.2) is 0 Å². The Labute approximate surface area is 131 Å². The van der Waals surface area contributed by atoms with Gasteiger partial charge in [-0.25, -0.2) is 0 Å². The number of amides is 1. The summed E-state index contributed by atoms with van der Waals surface area (Å²) in [5.41, 5.74) is 0.972. The molecule has 1 amide bonds. The van der Waals surface area contributed by atoms with Crippen LogP contribution in [0.1, 0.15) is 38.3 Å². The van der Waals surface area contributed by atoms with Crippen LogP contribution in [0.15, 0.2) is 24.3 Å². The van der Waals surface area contributed by atoms with Gasteiger partial charge in [-0.1, -0.05) is 29.8 Å². The lowest BCUT2D eigenvalue weighted by atomic mass is 9.92. The fourth-order valence-corrected chi connectivity index (χ4v) is 2.90. The Bertz CT molecular complexity index is 453. The number of benzene rings is 1. The van der Waals surface area contributed by atoms with Crippen LogP contribution >= 0.6 is 24.0 Å². The normalized spacial score (nSPS) is 23.6. The van der Waals surface area contributed by atoms with E-state index in [0.717, 1.165) is 24.9 Å². The molecule has 1 saturated heterocycles. The maximum Gasteiger partial charge on any atom is 0.223 e. The van der Waals surface area contributed by atoms with Gasteiger partial charge in [0.1, 0.15) is 0 Å². The van der Waals surface area contributed by atoms with Crippen LogP contribution in [0.4, 0.5) is 0 Å². The number of hydrogen-bond donors (Lipinski definition) is 2. The first kappa shape index (κ1) is 17.3.